The molecule has 1 aromatic heterocycles. The maximum Gasteiger partial charge on any atom is 0.274 e. The number of amides is 1. The summed E-state index contributed by atoms with van der Waals surface area (Å²) in [5.41, 5.74) is 2.75. The van der Waals surface area contributed by atoms with Crippen LogP contribution in [-0.4, -0.2) is 34.1 Å². The largest absolute Gasteiger partial charge is 0.337 e. The van der Waals surface area contributed by atoms with E-state index in [1.165, 1.54) is 6.42 Å². The molecule has 0 unspecified atom stereocenters. The Labute approximate surface area is 93.8 Å². The molecule has 1 saturated heterocycles. The molecule has 0 radical (unpaired) electrons. The van der Waals surface area contributed by atoms with Crippen LogP contribution in [0.4, 0.5) is 5.82 Å². The number of nitrogen functional groups attached to an aromatic ring is 1. The van der Waals surface area contributed by atoms with Crippen molar-refractivity contribution in [3.8, 4) is 0 Å². The third-order valence-corrected chi connectivity index (χ3v) is 2.67. The van der Waals surface area contributed by atoms with Gasteiger partial charge < -0.3 is 10.3 Å². The van der Waals surface area contributed by atoms with E-state index in [9.17, 15) is 4.79 Å². The summed E-state index contributed by atoms with van der Waals surface area (Å²) < 4.78 is 0. The lowest BCUT2D eigenvalue weighted by Crippen LogP contribution is -2.36. The Balaban J connectivity index is 2.07. The highest BCUT2D eigenvalue weighted by atomic mass is 16.2. The molecule has 0 saturated carbocycles. The van der Waals surface area contributed by atoms with E-state index >= 15 is 0 Å². The number of anilines is 1. The predicted octanol–water partition coefficient (Wildman–Crippen LogP) is 0.388. The number of nitrogens with zero attached hydrogens (tertiary/aromatic N) is 3. The zero-order valence-corrected chi connectivity index (χ0v) is 9.02. The number of hydrogen-bond acceptors (Lipinski definition) is 5. The Hall–Kier alpha value is -1.69. The number of carbonyl (C=O) groups is 1. The lowest BCUT2D eigenvalue weighted by atomic mass is 10.1. The molecule has 3 N–H and O–H groups in total. The lowest BCUT2D eigenvalue weighted by Gasteiger charge is -2.26. The first-order chi connectivity index (χ1) is 7.81. The van der Waals surface area contributed by atoms with Crippen molar-refractivity contribution >= 4 is 11.7 Å². The molecule has 1 aliphatic rings. The van der Waals surface area contributed by atoms with Crippen LogP contribution in [0.3, 0.4) is 0 Å². The van der Waals surface area contributed by atoms with Gasteiger partial charge in [-0.2, -0.15) is 0 Å². The van der Waals surface area contributed by atoms with Crippen molar-refractivity contribution in [1.29, 1.82) is 0 Å². The third kappa shape index (κ3) is 2.27. The SMILES string of the molecule is NNc1ccc(C(=O)N2CCCCC2)nn1. The van der Waals surface area contributed by atoms with Gasteiger partial charge in [-0.05, 0) is 31.4 Å². The number of hydrazine groups is 1. The van der Waals surface area contributed by atoms with Crippen LogP contribution in [-0.2, 0) is 0 Å². The van der Waals surface area contributed by atoms with Gasteiger partial charge in [-0.15, -0.1) is 10.2 Å². The zero-order chi connectivity index (χ0) is 11.4. The van der Waals surface area contributed by atoms with E-state index in [1.807, 2.05) is 4.90 Å². The van der Waals surface area contributed by atoms with Gasteiger partial charge in [-0.25, -0.2) is 5.84 Å². The molecule has 16 heavy (non-hydrogen) atoms. The number of rotatable bonds is 2. The maximum absolute atomic E-state index is 12.0. The van der Waals surface area contributed by atoms with E-state index in [1.54, 1.807) is 12.1 Å². The monoisotopic (exact) mass is 221 g/mol. The highest BCUT2D eigenvalue weighted by Gasteiger charge is 2.19. The van der Waals surface area contributed by atoms with Crippen molar-refractivity contribution in [3.63, 3.8) is 0 Å². The minimum atomic E-state index is -0.0456. The summed E-state index contributed by atoms with van der Waals surface area (Å²) in [5, 5.41) is 7.62. The van der Waals surface area contributed by atoms with Crippen LogP contribution in [0.1, 0.15) is 29.8 Å². The molecule has 2 heterocycles. The minimum absolute atomic E-state index is 0.0456. The number of piperidine rings is 1. The normalized spacial score (nSPS) is 15.9. The number of aromatic nitrogens is 2. The molecule has 2 rings (SSSR count). The molecule has 1 fully saturated rings. The van der Waals surface area contributed by atoms with Crippen LogP contribution < -0.4 is 11.3 Å². The molecule has 6 nitrogen and oxygen atoms in total. The molecule has 1 amide bonds. The van der Waals surface area contributed by atoms with Gasteiger partial charge >= 0.3 is 0 Å². The van der Waals surface area contributed by atoms with Gasteiger partial charge in [0.1, 0.15) is 0 Å². The fourth-order valence-corrected chi connectivity index (χ4v) is 1.78. The minimum Gasteiger partial charge on any atom is -0.337 e. The lowest BCUT2D eigenvalue weighted by molar-refractivity contribution is 0.0717. The standard InChI is InChI=1S/C10H15N5O/c11-12-9-5-4-8(13-14-9)10(16)15-6-2-1-3-7-15/h4-5H,1-3,6-7,11H2,(H,12,14). The van der Waals surface area contributed by atoms with Crippen LogP contribution >= 0.6 is 0 Å². The summed E-state index contributed by atoms with van der Waals surface area (Å²) in [6.07, 6.45) is 3.34. The quantitative estimate of drug-likeness (QED) is 0.557. The Bertz CT molecular complexity index is 358. The molecular weight excluding hydrogens is 206 g/mol. The Morgan fingerprint density at radius 2 is 2.00 bits per heavy atom. The van der Waals surface area contributed by atoms with Crippen molar-refractivity contribution in [2.45, 2.75) is 19.3 Å². The summed E-state index contributed by atoms with van der Waals surface area (Å²) in [6, 6.07) is 3.28. The molecule has 0 bridgehead atoms. The molecular formula is C10H15N5O. The van der Waals surface area contributed by atoms with Gasteiger partial charge in [0, 0.05) is 13.1 Å². The first-order valence-corrected chi connectivity index (χ1v) is 5.41. The number of likely N-dealkylation sites (tertiary alicyclic amines) is 1. The molecule has 1 aromatic rings. The third-order valence-electron chi connectivity index (χ3n) is 2.67. The van der Waals surface area contributed by atoms with Gasteiger partial charge in [0.25, 0.3) is 5.91 Å². The van der Waals surface area contributed by atoms with Crippen molar-refractivity contribution < 1.29 is 4.79 Å². The maximum atomic E-state index is 12.0. The van der Waals surface area contributed by atoms with Crippen LogP contribution in [0.15, 0.2) is 12.1 Å². The number of carbonyl (C=O) groups excluding carboxylic acids is 1. The number of nitrogens with one attached hydrogen (secondary N) is 1. The Morgan fingerprint density at radius 1 is 1.25 bits per heavy atom. The first-order valence-electron chi connectivity index (χ1n) is 5.41. The molecule has 1 aliphatic heterocycles. The summed E-state index contributed by atoms with van der Waals surface area (Å²) >= 11 is 0. The van der Waals surface area contributed by atoms with E-state index in [4.69, 9.17) is 5.84 Å². The van der Waals surface area contributed by atoms with E-state index in [2.05, 4.69) is 15.6 Å². The second kappa shape index (κ2) is 4.89. The van der Waals surface area contributed by atoms with Gasteiger partial charge in [-0.1, -0.05) is 0 Å². The van der Waals surface area contributed by atoms with E-state index in [0.717, 1.165) is 25.9 Å². The second-order valence-electron chi connectivity index (χ2n) is 3.80. The number of hydrogen-bond donors (Lipinski definition) is 2. The number of nitrogens with two attached hydrogens (primary N) is 1. The highest BCUT2D eigenvalue weighted by Crippen LogP contribution is 2.12. The van der Waals surface area contributed by atoms with E-state index in [0.29, 0.717) is 11.5 Å². The summed E-state index contributed by atoms with van der Waals surface area (Å²) in [7, 11) is 0. The highest BCUT2D eigenvalue weighted by molar-refractivity contribution is 5.92. The molecule has 0 spiro atoms. The molecule has 6 heteroatoms. The first kappa shape index (κ1) is 10.8. The average molecular weight is 221 g/mol. The van der Waals surface area contributed by atoms with Crippen molar-refractivity contribution in [2.24, 2.45) is 5.84 Å². The molecule has 0 aromatic carbocycles. The Kier molecular flexibility index (Phi) is 3.31. The predicted molar refractivity (Wildman–Crippen MR) is 59.6 cm³/mol. The van der Waals surface area contributed by atoms with Crippen LogP contribution in [0.2, 0.25) is 0 Å². The molecule has 86 valence electrons. The fraction of sp³-hybridized carbons (Fsp3) is 0.500. The van der Waals surface area contributed by atoms with Crippen molar-refractivity contribution in [1.82, 2.24) is 15.1 Å². The second-order valence-corrected chi connectivity index (χ2v) is 3.80. The Morgan fingerprint density at radius 3 is 2.56 bits per heavy atom. The summed E-state index contributed by atoms with van der Waals surface area (Å²) in [4.78, 5) is 13.8. The van der Waals surface area contributed by atoms with Crippen molar-refractivity contribution in [2.75, 3.05) is 18.5 Å². The molecule has 0 atom stereocenters. The van der Waals surface area contributed by atoms with Crippen LogP contribution in [0.5, 0.6) is 0 Å². The topological polar surface area (TPSA) is 84.1 Å². The summed E-state index contributed by atoms with van der Waals surface area (Å²) in [6.45, 7) is 1.63. The van der Waals surface area contributed by atoms with Crippen molar-refractivity contribution in [3.05, 3.63) is 17.8 Å². The summed E-state index contributed by atoms with van der Waals surface area (Å²) in [5.74, 6) is 5.58. The zero-order valence-electron chi connectivity index (χ0n) is 9.02. The van der Waals surface area contributed by atoms with E-state index < -0.39 is 0 Å². The van der Waals surface area contributed by atoms with Gasteiger partial charge in [0.2, 0.25) is 0 Å². The van der Waals surface area contributed by atoms with Crippen LogP contribution in [0, 0.1) is 0 Å². The van der Waals surface area contributed by atoms with E-state index in [-0.39, 0.29) is 5.91 Å². The van der Waals surface area contributed by atoms with Crippen LogP contribution in [0.25, 0.3) is 0 Å². The fourth-order valence-electron chi connectivity index (χ4n) is 1.78. The smallest absolute Gasteiger partial charge is 0.274 e. The average Bonchev–Trinajstić information content (AvgIpc) is 2.39. The molecule has 0 aliphatic carbocycles. The van der Waals surface area contributed by atoms with Gasteiger partial charge in [0.05, 0.1) is 0 Å². The van der Waals surface area contributed by atoms with Gasteiger partial charge in [-0.3, -0.25) is 4.79 Å². The van der Waals surface area contributed by atoms with Gasteiger partial charge in [0.15, 0.2) is 11.5 Å².